The molecule has 0 aromatic rings. The highest BCUT2D eigenvalue weighted by molar-refractivity contribution is 8.00. The van der Waals surface area contributed by atoms with Crippen molar-refractivity contribution < 1.29 is 9.84 Å². The molecule has 1 aliphatic heterocycles. The summed E-state index contributed by atoms with van der Waals surface area (Å²) in [6.45, 7) is 2.73. The van der Waals surface area contributed by atoms with E-state index in [0.717, 1.165) is 31.6 Å². The van der Waals surface area contributed by atoms with Crippen LogP contribution in [-0.4, -0.2) is 28.0 Å². The van der Waals surface area contributed by atoms with E-state index in [-0.39, 0.29) is 4.93 Å². The standard InChI is InChI=1S/C9H16O2S/c1-8(10)4-2-3-5-9(8)11-6-7-12-9/h10H,2-7H2,1H3/t8-,9+/m0/s1. The van der Waals surface area contributed by atoms with E-state index in [1.165, 1.54) is 6.42 Å². The molecule has 2 atom stereocenters. The molecule has 0 radical (unpaired) electrons. The first-order valence-electron chi connectivity index (χ1n) is 4.67. The summed E-state index contributed by atoms with van der Waals surface area (Å²) in [7, 11) is 0. The number of hydrogen-bond donors (Lipinski definition) is 1. The first-order chi connectivity index (χ1) is 5.66. The van der Waals surface area contributed by atoms with Crippen molar-refractivity contribution in [2.45, 2.75) is 43.1 Å². The number of hydrogen-bond acceptors (Lipinski definition) is 3. The Morgan fingerprint density at radius 2 is 2.08 bits per heavy atom. The van der Waals surface area contributed by atoms with Gasteiger partial charge in [0, 0.05) is 5.75 Å². The van der Waals surface area contributed by atoms with Crippen LogP contribution in [0.1, 0.15) is 32.6 Å². The van der Waals surface area contributed by atoms with Gasteiger partial charge in [-0.3, -0.25) is 0 Å². The monoisotopic (exact) mass is 188 g/mol. The molecule has 2 nitrogen and oxygen atoms in total. The minimum absolute atomic E-state index is 0.259. The van der Waals surface area contributed by atoms with Gasteiger partial charge in [0.25, 0.3) is 0 Å². The average molecular weight is 188 g/mol. The molecule has 2 aliphatic rings. The number of ether oxygens (including phenoxy) is 1. The van der Waals surface area contributed by atoms with Gasteiger partial charge in [-0.2, -0.15) is 0 Å². The number of aliphatic hydroxyl groups is 1. The largest absolute Gasteiger partial charge is 0.386 e. The molecule has 0 unspecified atom stereocenters. The maximum Gasteiger partial charge on any atom is 0.142 e. The second-order valence-corrected chi connectivity index (χ2v) is 5.29. The highest BCUT2D eigenvalue weighted by Crippen LogP contribution is 2.50. The highest BCUT2D eigenvalue weighted by atomic mass is 32.2. The second-order valence-electron chi connectivity index (χ2n) is 3.93. The Morgan fingerprint density at radius 1 is 1.33 bits per heavy atom. The summed E-state index contributed by atoms with van der Waals surface area (Å²) in [5, 5.41) is 10.2. The fraction of sp³-hybridized carbons (Fsp3) is 1.00. The van der Waals surface area contributed by atoms with Gasteiger partial charge in [0.1, 0.15) is 10.5 Å². The predicted octanol–water partition coefficient (Wildman–Crippen LogP) is 1.77. The molecule has 2 fully saturated rings. The Labute approximate surface area is 77.7 Å². The molecule has 2 rings (SSSR count). The van der Waals surface area contributed by atoms with Gasteiger partial charge >= 0.3 is 0 Å². The Hall–Kier alpha value is 0.270. The molecular weight excluding hydrogens is 172 g/mol. The van der Waals surface area contributed by atoms with Crippen molar-refractivity contribution in [1.82, 2.24) is 0 Å². The highest BCUT2D eigenvalue weighted by Gasteiger charge is 2.52. The van der Waals surface area contributed by atoms with Gasteiger partial charge in [-0.05, 0) is 26.2 Å². The fourth-order valence-electron chi connectivity index (χ4n) is 2.20. The van der Waals surface area contributed by atoms with Crippen LogP contribution in [0, 0.1) is 0 Å². The average Bonchev–Trinajstić information content (AvgIpc) is 2.46. The fourth-order valence-corrected chi connectivity index (χ4v) is 3.56. The van der Waals surface area contributed by atoms with Gasteiger partial charge in [0.15, 0.2) is 0 Å². The summed E-state index contributed by atoms with van der Waals surface area (Å²) in [4.78, 5) is -0.259. The molecule has 70 valence electrons. The molecule has 1 saturated carbocycles. The molecule has 0 aromatic heterocycles. The van der Waals surface area contributed by atoms with Crippen LogP contribution in [0.4, 0.5) is 0 Å². The van der Waals surface area contributed by atoms with E-state index in [4.69, 9.17) is 4.74 Å². The van der Waals surface area contributed by atoms with Crippen molar-refractivity contribution in [2.24, 2.45) is 0 Å². The van der Waals surface area contributed by atoms with Gasteiger partial charge in [-0.1, -0.05) is 6.42 Å². The molecule has 0 amide bonds. The maximum atomic E-state index is 10.2. The summed E-state index contributed by atoms with van der Waals surface area (Å²) in [6.07, 6.45) is 4.24. The van der Waals surface area contributed by atoms with Gasteiger partial charge < -0.3 is 9.84 Å². The smallest absolute Gasteiger partial charge is 0.142 e. The van der Waals surface area contributed by atoms with E-state index >= 15 is 0 Å². The zero-order chi connectivity index (χ0) is 8.66. The van der Waals surface area contributed by atoms with Gasteiger partial charge in [0.05, 0.1) is 6.61 Å². The Morgan fingerprint density at radius 3 is 2.67 bits per heavy atom. The minimum atomic E-state index is -0.605. The van der Waals surface area contributed by atoms with E-state index in [1.54, 1.807) is 11.8 Å². The lowest BCUT2D eigenvalue weighted by Gasteiger charge is -2.44. The van der Waals surface area contributed by atoms with Crippen LogP contribution >= 0.6 is 11.8 Å². The van der Waals surface area contributed by atoms with Crippen molar-refractivity contribution in [3.05, 3.63) is 0 Å². The normalized spacial score (nSPS) is 48.5. The molecule has 12 heavy (non-hydrogen) atoms. The van der Waals surface area contributed by atoms with E-state index in [1.807, 2.05) is 6.92 Å². The number of rotatable bonds is 0. The second kappa shape index (κ2) is 2.89. The lowest BCUT2D eigenvalue weighted by molar-refractivity contribution is -0.131. The molecule has 1 spiro atoms. The summed E-state index contributed by atoms with van der Waals surface area (Å²) in [5.41, 5.74) is -0.605. The molecular formula is C9H16O2S. The SMILES string of the molecule is C[C@]1(O)CCCC[C@]12OCCS2. The summed E-state index contributed by atoms with van der Waals surface area (Å²) < 4.78 is 5.71. The quantitative estimate of drug-likeness (QED) is 0.628. The zero-order valence-electron chi connectivity index (χ0n) is 7.51. The van der Waals surface area contributed by atoms with Crippen LogP contribution in [-0.2, 0) is 4.74 Å². The Bertz CT molecular complexity index is 173. The maximum absolute atomic E-state index is 10.2. The Balaban J connectivity index is 2.19. The summed E-state index contributed by atoms with van der Waals surface area (Å²) in [5.74, 6) is 1.04. The molecule has 0 bridgehead atoms. The van der Waals surface area contributed by atoms with E-state index in [2.05, 4.69) is 0 Å². The third-order valence-electron chi connectivity index (χ3n) is 2.99. The molecule has 1 heterocycles. The molecule has 1 aliphatic carbocycles. The van der Waals surface area contributed by atoms with Crippen LogP contribution in [0.25, 0.3) is 0 Å². The van der Waals surface area contributed by atoms with Crippen molar-refractivity contribution in [3.63, 3.8) is 0 Å². The van der Waals surface area contributed by atoms with Gasteiger partial charge in [-0.25, -0.2) is 0 Å². The van der Waals surface area contributed by atoms with Crippen molar-refractivity contribution in [2.75, 3.05) is 12.4 Å². The van der Waals surface area contributed by atoms with E-state index < -0.39 is 5.60 Å². The van der Waals surface area contributed by atoms with Gasteiger partial charge in [-0.15, -0.1) is 11.8 Å². The topological polar surface area (TPSA) is 29.5 Å². The van der Waals surface area contributed by atoms with Crippen LogP contribution in [0.15, 0.2) is 0 Å². The molecule has 3 heteroatoms. The van der Waals surface area contributed by atoms with Crippen LogP contribution in [0.5, 0.6) is 0 Å². The number of thioether (sulfide) groups is 1. The third kappa shape index (κ3) is 1.19. The summed E-state index contributed by atoms with van der Waals surface area (Å²) >= 11 is 1.80. The van der Waals surface area contributed by atoms with Crippen molar-refractivity contribution in [1.29, 1.82) is 0 Å². The molecule has 0 aromatic carbocycles. The van der Waals surface area contributed by atoms with Gasteiger partial charge in [0.2, 0.25) is 0 Å². The van der Waals surface area contributed by atoms with Crippen LogP contribution in [0.3, 0.4) is 0 Å². The van der Waals surface area contributed by atoms with Crippen molar-refractivity contribution in [3.8, 4) is 0 Å². The third-order valence-corrected chi connectivity index (χ3v) is 4.59. The lowest BCUT2D eigenvalue weighted by Crippen LogP contribution is -2.51. The summed E-state index contributed by atoms with van der Waals surface area (Å²) in [6, 6.07) is 0. The minimum Gasteiger partial charge on any atom is -0.386 e. The van der Waals surface area contributed by atoms with E-state index in [0.29, 0.717) is 0 Å². The first-order valence-corrected chi connectivity index (χ1v) is 5.65. The predicted molar refractivity (Wildman–Crippen MR) is 50.2 cm³/mol. The molecule has 1 N–H and O–H groups in total. The zero-order valence-corrected chi connectivity index (χ0v) is 8.32. The van der Waals surface area contributed by atoms with Crippen LogP contribution < -0.4 is 0 Å². The Kier molecular flexibility index (Phi) is 2.13. The lowest BCUT2D eigenvalue weighted by atomic mass is 9.83. The van der Waals surface area contributed by atoms with Crippen molar-refractivity contribution >= 4 is 11.8 Å². The van der Waals surface area contributed by atoms with E-state index in [9.17, 15) is 5.11 Å². The first kappa shape index (κ1) is 8.85. The van der Waals surface area contributed by atoms with Crippen LogP contribution in [0.2, 0.25) is 0 Å². The molecule has 1 saturated heterocycles.